The molecule has 0 bridgehead atoms. The molecule has 0 radical (unpaired) electrons. The molecule has 194 valence electrons. The van der Waals surface area contributed by atoms with Crippen molar-refractivity contribution in [2.24, 2.45) is 53.3 Å². The van der Waals surface area contributed by atoms with Gasteiger partial charge in [-0.3, -0.25) is 0 Å². The topological polar surface area (TPSA) is 27.7 Å². The van der Waals surface area contributed by atoms with E-state index >= 15 is 0 Å². The molecule has 0 aromatic rings. The maximum absolute atomic E-state index is 7.02. The second-order valence-corrected chi connectivity index (χ2v) is 14.8. The average Bonchev–Trinajstić information content (AvgIpc) is 3.00. The molecule has 34 heavy (non-hydrogen) atoms. The lowest BCUT2D eigenvalue weighted by Crippen LogP contribution is -2.51. The van der Waals surface area contributed by atoms with Crippen LogP contribution < -0.4 is 0 Å². The summed E-state index contributed by atoms with van der Waals surface area (Å²) in [6.07, 6.45) is 21.9. The second-order valence-electron chi connectivity index (χ2n) is 13.7. The zero-order chi connectivity index (χ0) is 23.2. The standard InChI is InChI=1S/C30H51O3P/c1-19(2)23-15-12-20(3)18-28(23)33-34-31-26-16-13-21-8-4-6-10-24(21)29(26)30-25-11-7-5-9-22(25)14-17-27(30)32-34/h19-30H,4-18H2,1-3H3/t20-,21?,22?,23+,24?,25?,26?,27?,28-,29?,30?,34?/m1/s1. The fourth-order valence-electron chi connectivity index (χ4n) is 9.85. The summed E-state index contributed by atoms with van der Waals surface area (Å²) >= 11 is 0. The third-order valence-corrected chi connectivity index (χ3v) is 12.8. The normalized spacial score (nSPS) is 51.5. The maximum atomic E-state index is 7.02. The summed E-state index contributed by atoms with van der Waals surface area (Å²) in [6, 6.07) is 0. The van der Waals surface area contributed by atoms with Crippen LogP contribution in [0.3, 0.4) is 0 Å². The molecule has 0 aromatic carbocycles. The minimum Gasteiger partial charge on any atom is -0.309 e. The molecule has 11 atom stereocenters. The quantitative estimate of drug-likeness (QED) is 0.370. The fourth-order valence-corrected chi connectivity index (χ4v) is 11.4. The van der Waals surface area contributed by atoms with Crippen molar-refractivity contribution in [2.45, 2.75) is 135 Å². The Bertz CT molecular complexity index is 644. The van der Waals surface area contributed by atoms with E-state index in [-0.39, 0.29) is 0 Å². The van der Waals surface area contributed by atoms with Gasteiger partial charge >= 0.3 is 8.60 Å². The molecule has 6 aliphatic rings. The van der Waals surface area contributed by atoms with Crippen molar-refractivity contribution in [3.05, 3.63) is 0 Å². The van der Waals surface area contributed by atoms with E-state index in [0.717, 1.165) is 41.4 Å². The Morgan fingerprint density at radius 3 is 1.79 bits per heavy atom. The maximum Gasteiger partial charge on any atom is 0.333 e. The smallest absolute Gasteiger partial charge is 0.309 e. The molecule has 1 saturated heterocycles. The molecule has 4 heteroatoms. The van der Waals surface area contributed by atoms with Gasteiger partial charge in [-0.2, -0.15) is 0 Å². The highest BCUT2D eigenvalue weighted by atomic mass is 31.2. The van der Waals surface area contributed by atoms with Crippen molar-refractivity contribution in [3.63, 3.8) is 0 Å². The zero-order valence-electron chi connectivity index (χ0n) is 22.2. The summed E-state index contributed by atoms with van der Waals surface area (Å²) in [4.78, 5) is 0. The SMILES string of the molecule is CC(C)[C@@H]1CC[C@@H](C)C[C@H]1OP1OC2CCC3CCCCC3C2C2C(CCC3CCCCC32)O1. The van der Waals surface area contributed by atoms with Crippen LogP contribution in [0.25, 0.3) is 0 Å². The Hall–Kier alpha value is 0.310. The zero-order valence-corrected chi connectivity index (χ0v) is 23.1. The lowest BCUT2D eigenvalue weighted by Gasteiger charge is -2.53. The Kier molecular flexibility index (Phi) is 7.67. The minimum atomic E-state index is -1.23. The molecule has 5 saturated carbocycles. The predicted octanol–water partition coefficient (Wildman–Crippen LogP) is 8.91. The summed E-state index contributed by atoms with van der Waals surface area (Å²) < 4.78 is 21.0. The van der Waals surface area contributed by atoms with Crippen molar-refractivity contribution in [3.8, 4) is 0 Å². The third-order valence-electron chi connectivity index (χ3n) is 11.5. The van der Waals surface area contributed by atoms with Crippen molar-refractivity contribution in [1.82, 2.24) is 0 Å². The van der Waals surface area contributed by atoms with E-state index in [4.69, 9.17) is 13.6 Å². The summed E-state index contributed by atoms with van der Waals surface area (Å²) in [7, 11) is -1.23. The summed E-state index contributed by atoms with van der Waals surface area (Å²) in [5, 5.41) is 0. The van der Waals surface area contributed by atoms with Gasteiger partial charge in [0, 0.05) is 0 Å². The van der Waals surface area contributed by atoms with Gasteiger partial charge in [0.25, 0.3) is 0 Å². The Labute approximate surface area is 210 Å². The summed E-state index contributed by atoms with van der Waals surface area (Å²) in [5.74, 6) is 7.25. The highest BCUT2D eigenvalue weighted by Crippen LogP contribution is 2.62. The van der Waals surface area contributed by atoms with E-state index in [2.05, 4.69) is 20.8 Å². The third kappa shape index (κ3) is 4.79. The largest absolute Gasteiger partial charge is 0.333 e. The van der Waals surface area contributed by atoms with Crippen LogP contribution in [0, 0.1) is 53.3 Å². The van der Waals surface area contributed by atoms with Gasteiger partial charge < -0.3 is 13.6 Å². The second kappa shape index (κ2) is 10.6. The molecule has 5 aliphatic carbocycles. The van der Waals surface area contributed by atoms with Crippen molar-refractivity contribution < 1.29 is 13.6 Å². The Morgan fingerprint density at radius 1 is 0.676 bits per heavy atom. The summed E-state index contributed by atoms with van der Waals surface area (Å²) in [5.41, 5.74) is 0. The molecule has 1 heterocycles. The van der Waals surface area contributed by atoms with E-state index in [1.165, 1.54) is 96.3 Å². The van der Waals surface area contributed by atoms with Gasteiger partial charge in [-0.1, -0.05) is 65.7 Å². The Balaban J connectivity index is 1.27. The monoisotopic (exact) mass is 490 g/mol. The van der Waals surface area contributed by atoms with Gasteiger partial charge in [0.1, 0.15) is 0 Å². The molecule has 0 N–H and O–H groups in total. The van der Waals surface area contributed by atoms with Crippen molar-refractivity contribution in [1.29, 1.82) is 0 Å². The van der Waals surface area contributed by atoms with Gasteiger partial charge in [-0.15, -0.1) is 0 Å². The van der Waals surface area contributed by atoms with Crippen LogP contribution in [0.2, 0.25) is 0 Å². The molecular weight excluding hydrogens is 439 g/mol. The molecule has 1 aliphatic heterocycles. The predicted molar refractivity (Wildman–Crippen MR) is 139 cm³/mol. The van der Waals surface area contributed by atoms with Gasteiger partial charge in [0.05, 0.1) is 18.3 Å². The number of rotatable bonds is 3. The van der Waals surface area contributed by atoms with Gasteiger partial charge in [-0.05, 0) is 105 Å². The first-order chi connectivity index (χ1) is 16.6. The van der Waals surface area contributed by atoms with Crippen LogP contribution in [-0.4, -0.2) is 18.3 Å². The van der Waals surface area contributed by atoms with Gasteiger partial charge in [-0.25, -0.2) is 0 Å². The average molecular weight is 491 g/mol. The number of fused-ring (bicyclic) bond motifs is 7. The lowest BCUT2D eigenvalue weighted by atomic mass is 9.53. The highest BCUT2D eigenvalue weighted by molar-refractivity contribution is 7.41. The van der Waals surface area contributed by atoms with E-state index in [0.29, 0.717) is 30.1 Å². The molecular formula is C30H51O3P. The molecule has 6 fully saturated rings. The van der Waals surface area contributed by atoms with Crippen molar-refractivity contribution in [2.75, 3.05) is 0 Å². The Morgan fingerprint density at radius 2 is 1.24 bits per heavy atom. The lowest BCUT2D eigenvalue weighted by molar-refractivity contribution is -0.0856. The number of hydrogen-bond donors (Lipinski definition) is 0. The first-order valence-corrected chi connectivity index (χ1v) is 16.5. The molecule has 3 nitrogen and oxygen atoms in total. The van der Waals surface area contributed by atoms with Crippen LogP contribution >= 0.6 is 8.60 Å². The minimum absolute atomic E-state index is 0.321. The van der Waals surface area contributed by atoms with Crippen LogP contribution in [0.5, 0.6) is 0 Å². The summed E-state index contributed by atoms with van der Waals surface area (Å²) in [6.45, 7) is 7.19. The molecule has 8 unspecified atom stereocenters. The van der Waals surface area contributed by atoms with Crippen LogP contribution in [-0.2, 0) is 13.6 Å². The fraction of sp³-hybridized carbons (Fsp3) is 1.00. The molecule has 0 spiro atoms. The first-order valence-electron chi connectivity index (χ1n) is 15.4. The van der Waals surface area contributed by atoms with Crippen LogP contribution in [0.15, 0.2) is 0 Å². The molecule has 0 amide bonds. The first kappa shape index (κ1) is 24.6. The van der Waals surface area contributed by atoms with Crippen LogP contribution in [0.4, 0.5) is 0 Å². The molecule has 6 rings (SSSR count). The van der Waals surface area contributed by atoms with E-state index in [9.17, 15) is 0 Å². The highest BCUT2D eigenvalue weighted by Gasteiger charge is 2.55. The number of hydrogen-bond acceptors (Lipinski definition) is 3. The van der Waals surface area contributed by atoms with Gasteiger partial charge in [0.2, 0.25) is 0 Å². The van der Waals surface area contributed by atoms with E-state index < -0.39 is 8.60 Å². The van der Waals surface area contributed by atoms with E-state index in [1.54, 1.807) is 0 Å². The van der Waals surface area contributed by atoms with Gasteiger partial charge in [0.15, 0.2) is 0 Å². The molecule has 0 aromatic heterocycles. The van der Waals surface area contributed by atoms with Crippen molar-refractivity contribution >= 4 is 8.60 Å². The van der Waals surface area contributed by atoms with Crippen LogP contribution in [0.1, 0.15) is 117 Å². The van der Waals surface area contributed by atoms with E-state index in [1.807, 2.05) is 0 Å².